The van der Waals surface area contributed by atoms with Crippen molar-refractivity contribution >= 4 is 66.3 Å². The summed E-state index contributed by atoms with van der Waals surface area (Å²) in [7, 11) is 0. The van der Waals surface area contributed by atoms with Crippen LogP contribution in [0.25, 0.3) is 0 Å². The molecule has 3 N–H and O–H groups in total. The third-order valence-corrected chi connectivity index (χ3v) is 4.11. The highest BCUT2D eigenvalue weighted by Crippen LogP contribution is 2.34. The van der Waals surface area contributed by atoms with Crippen molar-refractivity contribution in [1.82, 2.24) is 4.98 Å². The molecule has 9 heteroatoms. The van der Waals surface area contributed by atoms with E-state index >= 15 is 0 Å². The predicted octanol–water partition coefficient (Wildman–Crippen LogP) is 3.62. The van der Waals surface area contributed by atoms with Crippen molar-refractivity contribution in [1.29, 1.82) is 0 Å². The van der Waals surface area contributed by atoms with Crippen LogP contribution in [0.1, 0.15) is 12.5 Å². The number of benzene rings is 1. The molecule has 0 saturated carbocycles. The molecule has 1 heterocycles. The maximum atomic E-state index is 11.0. The van der Waals surface area contributed by atoms with Gasteiger partial charge in [-0.25, -0.2) is 4.98 Å². The Balaban J connectivity index is 2.12. The summed E-state index contributed by atoms with van der Waals surface area (Å²) in [5.41, 5.74) is 9.10. The number of thiazole rings is 1. The van der Waals surface area contributed by atoms with Crippen LogP contribution in [0.2, 0.25) is 0 Å². The lowest BCUT2D eigenvalue weighted by atomic mass is 10.2. The van der Waals surface area contributed by atoms with Gasteiger partial charge in [-0.2, -0.15) is 5.10 Å². The van der Waals surface area contributed by atoms with Gasteiger partial charge >= 0.3 is 5.97 Å². The number of hydrogen-bond acceptors (Lipinski definition) is 7. The van der Waals surface area contributed by atoms with Crippen LogP contribution in [0.15, 0.2) is 31.6 Å². The lowest BCUT2D eigenvalue weighted by Gasteiger charge is -2.07. The summed E-state index contributed by atoms with van der Waals surface area (Å²) < 4.78 is 6.38. The van der Waals surface area contributed by atoms with Crippen LogP contribution in [-0.4, -0.2) is 17.2 Å². The minimum atomic E-state index is -0.388. The number of esters is 1. The first kappa shape index (κ1) is 15.9. The average Bonchev–Trinajstić information content (AvgIpc) is 2.79. The Morgan fingerprint density at radius 1 is 1.48 bits per heavy atom. The zero-order valence-electron chi connectivity index (χ0n) is 10.8. The van der Waals surface area contributed by atoms with Crippen LogP contribution in [-0.2, 0) is 4.79 Å². The van der Waals surface area contributed by atoms with Gasteiger partial charge < -0.3 is 10.5 Å². The second kappa shape index (κ2) is 7.01. The van der Waals surface area contributed by atoms with Crippen molar-refractivity contribution in [2.45, 2.75) is 6.92 Å². The number of ether oxygens (including phenoxy) is 1. The second-order valence-electron chi connectivity index (χ2n) is 3.85. The molecular weight excluding hydrogens is 424 g/mol. The number of nitrogens with zero attached hydrogens (tertiary/aromatic N) is 2. The van der Waals surface area contributed by atoms with E-state index in [9.17, 15) is 4.79 Å². The van der Waals surface area contributed by atoms with E-state index in [1.165, 1.54) is 18.3 Å². The molecule has 21 heavy (non-hydrogen) atoms. The fraction of sp³-hybridized carbons (Fsp3) is 0.0833. The van der Waals surface area contributed by atoms with Gasteiger partial charge in [-0.3, -0.25) is 10.2 Å². The Morgan fingerprint density at radius 3 is 2.67 bits per heavy atom. The van der Waals surface area contributed by atoms with Crippen LogP contribution >= 0.6 is 43.2 Å². The zero-order chi connectivity index (χ0) is 15.4. The lowest BCUT2D eigenvalue weighted by molar-refractivity contribution is -0.131. The molecule has 0 fully saturated rings. The molecule has 0 spiro atoms. The van der Waals surface area contributed by atoms with E-state index < -0.39 is 0 Å². The van der Waals surface area contributed by atoms with Gasteiger partial charge in [0.1, 0.15) is 5.82 Å². The van der Waals surface area contributed by atoms with E-state index in [1.54, 1.807) is 23.7 Å². The van der Waals surface area contributed by atoms with E-state index in [1.807, 2.05) is 0 Å². The van der Waals surface area contributed by atoms with E-state index in [0.717, 1.165) is 5.56 Å². The molecule has 0 aliphatic heterocycles. The van der Waals surface area contributed by atoms with Gasteiger partial charge in [-0.15, -0.1) is 11.3 Å². The minimum absolute atomic E-state index is 0.388. The molecule has 1 aromatic carbocycles. The quantitative estimate of drug-likeness (QED) is 0.332. The van der Waals surface area contributed by atoms with Crippen molar-refractivity contribution < 1.29 is 9.53 Å². The fourth-order valence-corrected chi connectivity index (χ4v) is 3.33. The predicted molar refractivity (Wildman–Crippen MR) is 90.9 cm³/mol. The lowest BCUT2D eigenvalue weighted by Crippen LogP contribution is -2.03. The number of halogens is 2. The van der Waals surface area contributed by atoms with Crippen LogP contribution in [0.4, 0.5) is 10.9 Å². The third kappa shape index (κ3) is 4.51. The Morgan fingerprint density at radius 2 is 2.14 bits per heavy atom. The standard InChI is InChI=1S/C12H10Br2N4O2S/c1-6(19)20-11-8(13)2-7(3-9(11)14)4-16-18-12-17-10(15)5-21-12/h2-5H,15H2,1H3,(H,17,18). The van der Waals surface area contributed by atoms with Crippen LogP contribution in [0.5, 0.6) is 5.75 Å². The average molecular weight is 434 g/mol. The van der Waals surface area contributed by atoms with E-state index in [2.05, 4.69) is 47.4 Å². The van der Waals surface area contributed by atoms with Gasteiger partial charge in [0.05, 0.1) is 15.2 Å². The highest BCUT2D eigenvalue weighted by atomic mass is 79.9. The van der Waals surface area contributed by atoms with Crippen LogP contribution < -0.4 is 15.9 Å². The molecule has 6 nitrogen and oxygen atoms in total. The molecule has 0 radical (unpaired) electrons. The molecule has 2 rings (SSSR count). The Bertz CT molecular complexity index is 679. The van der Waals surface area contributed by atoms with E-state index in [-0.39, 0.29) is 5.97 Å². The second-order valence-corrected chi connectivity index (χ2v) is 6.42. The number of hydrogen-bond donors (Lipinski definition) is 2. The summed E-state index contributed by atoms with van der Waals surface area (Å²) in [5.74, 6) is 0.495. The van der Waals surface area contributed by atoms with Crippen molar-refractivity contribution in [3.63, 3.8) is 0 Å². The Labute approximate surface area is 141 Å². The normalized spacial score (nSPS) is 10.8. The summed E-state index contributed by atoms with van der Waals surface area (Å²) in [6.45, 7) is 1.35. The number of nitrogen functional groups attached to an aromatic ring is 1. The molecule has 0 amide bonds. The monoisotopic (exact) mass is 432 g/mol. The molecular formula is C12H10Br2N4O2S. The first-order valence-corrected chi connectivity index (χ1v) is 8.10. The summed E-state index contributed by atoms with van der Waals surface area (Å²) in [6.07, 6.45) is 1.62. The van der Waals surface area contributed by atoms with Crippen LogP contribution in [0, 0.1) is 0 Å². The molecule has 0 aliphatic rings. The number of anilines is 2. The van der Waals surface area contributed by atoms with Crippen molar-refractivity contribution in [3.8, 4) is 5.75 Å². The first-order valence-electron chi connectivity index (χ1n) is 5.63. The molecule has 0 saturated heterocycles. The SMILES string of the molecule is CC(=O)Oc1c(Br)cc(C=NNc2nc(N)cs2)cc1Br. The Kier molecular flexibility index (Phi) is 5.32. The van der Waals surface area contributed by atoms with Gasteiger partial charge in [0.2, 0.25) is 5.13 Å². The number of nitrogens with one attached hydrogen (secondary N) is 1. The smallest absolute Gasteiger partial charge is 0.308 e. The number of rotatable bonds is 4. The summed E-state index contributed by atoms with van der Waals surface area (Å²) in [5, 5.41) is 6.40. The minimum Gasteiger partial charge on any atom is -0.424 e. The number of hydrazone groups is 1. The highest BCUT2D eigenvalue weighted by molar-refractivity contribution is 9.11. The molecule has 110 valence electrons. The van der Waals surface area contributed by atoms with Gasteiger partial charge in [0.15, 0.2) is 5.75 Å². The molecule has 2 aromatic rings. The summed E-state index contributed by atoms with van der Waals surface area (Å²) in [4.78, 5) is 15.0. The maximum Gasteiger partial charge on any atom is 0.308 e. The van der Waals surface area contributed by atoms with E-state index in [4.69, 9.17) is 10.5 Å². The third-order valence-electron chi connectivity index (χ3n) is 2.16. The first-order chi connectivity index (χ1) is 9.95. The van der Waals surface area contributed by atoms with E-state index in [0.29, 0.717) is 25.6 Å². The number of carbonyl (C=O) groups excluding carboxylic acids is 1. The molecule has 0 aliphatic carbocycles. The summed E-state index contributed by atoms with van der Waals surface area (Å²) >= 11 is 8.06. The van der Waals surface area contributed by atoms with Crippen molar-refractivity contribution in [3.05, 3.63) is 32.0 Å². The molecule has 1 aromatic heterocycles. The van der Waals surface area contributed by atoms with Gasteiger partial charge in [-0.05, 0) is 49.6 Å². The fourth-order valence-electron chi connectivity index (χ4n) is 1.39. The Hall–Kier alpha value is -1.45. The summed E-state index contributed by atoms with van der Waals surface area (Å²) in [6, 6.07) is 3.56. The number of aromatic nitrogens is 1. The van der Waals surface area contributed by atoms with Crippen molar-refractivity contribution in [2.24, 2.45) is 5.10 Å². The molecule has 0 bridgehead atoms. The van der Waals surface area contributed by atoms with Gasteiger partial charge in [-0.1, -0.05) is 0 Å². The van der Waals surface area contributed by atoms with Crippen molar-refractivity contribution in [2.75, 3.05) is 11.2 Å². The van der Waals surface area contributed by atoms with Gasteiger partial charge in [0.25, 0.3) is 0 Å². The topological polar surface area (TPSA) is 89.6 Å². The largest absolute Gasteiger partial charge is 0.424 e. The maximum absolute atomic E-state index is 11.0. The number of nitrogens with two attached hydrogens (primary N) is 1. The molecule has 0 unspecified atom stereocenters. The number of carbonyl (C=O) groups is 1. The van der Waals surface area contributed by atoms with Crippen LogP contribution in [0.3, 0.4) is 0 Å². The highest BCUT2D eigenvalue weighted by Gasteiger charge is 2.10. The zero-order valence-corrected chi connectivity index (χ0v) is 14.8. The van der Waals surface area contributed by atoms with Gasteiger partial charge in [0, 0.05) is 12.3 Å². The molecule has 0 atom stereocenters.